The molecular weight excluding hydrogens is 230 g/mol. The highest BCUT2D eigenvalue weighted by Crippen LogP contribution is 2.52. The zero-order chi connectivity index (χ0) is 12.9. The van der Waals surface area contributed by atoms with E-state index in [1.807, 2.05) is 4.68 Å². The monoisotopic (exact) mass is 245 g/mol. The van der Waals surface area contributed by atoms with Gasteiger partial charge in [-0.15, -0.1) is 5.10 Å². The van der Waals surface area contributed by atoms with Crippen LogP contribution in [0.5, 0.6) is 0 Å². The molecule has 1 saturated carbocycles. The van der Waals surface area contributed by atoms with E-state index in [4.69, 9.17) is 5.11 Å². The summed E-state index contributed by atoms with van der Waals surface area (Å²) in [6, 6.07) is 4.95. The molecule has 1 aliphatic carbocycles. The molecule has 5 nitrogen and oxygen atoms in total. The molecule has 0 spiro atoms. The van der Waals surface area contributed by atoms with Crippen molar-refractivity contribution in [2.45, 2.75) is 26.8 Å². The number of carbonyl (C=O) groups is 1. The largest absolute Gasteiger partial charge is 0.478 e. The normalized spacial score (nSPS) is 21.1. The van der Waals surface area contributed by atoms with Crippen molar-refractivity contribution >= 4 is 17.0 Å². The lowest BCUT2D eigenvalue weighted by Crippen LogP contribution is -2.05. The number of rotatable bonds is 3. The van der Waals surface area contributed by atoms with Crippen LogP contribution in [0.25, 0.3) is 11.0 Å². The molecule has 1 fully saturated rings. The van der Waals surface area contributed by atoms with Crippen molar-refractivity contribution in [1.29, 1.82) is 0 Å². The minimum Gasteiger partial charge on any atom is -0.478 e. The fraction of sp³-hybridized carbons (Fsp3) is 0.462. The summed E-state index contributed by atoms with van der Waals surface area (Å²) in [5, 5.41) is 17.1. The predicted molar refractivity (Wildman–Crippen MR) is 66.4 cm³/mol. The van der Waals surface area contributed by atoms with Gasteiger partial charge in [0.1, 0.15) is 5.52 Å². The van der Waals surface area contributed by atoms with E-state index < -0.39 is 5.97 Å². The molecule has 1 aliphatic rings. The molecule has 0 saturated heterocycles. The van der Waals surface area contributed by atoms with Crippen LogP contribution in [0.1, 0.15) is 30.6 Å². The number of fused-ring (bicyclic) bond motifs is 1. The molecule has 5 heteroatoms. The van der Waals surface area contributed by atoms with Crippen molar-refractivity contribution in [2.75, 3.05) is 0 Å². The molecule has 0 aliphatic heterocycles. The molecule has 0 radical (unpaired) electrons. The lowest BCUT2D eigenvalue weighted by atomic mass is 10.1. The zero-order valence-corrected chi connectivity index (χ0v) is 10.4. The van der Waals surface area contributed by atoms with Crippen molar-refractivity contribution in [2.24, 2.45) is 11.3 Å². The first-order valence-corrected chi connectivity index (χ1v) is 6.04. The van der Waals surface area contributed by atoms with Crippen LogP contribution in [0.4, 0.5) is 0 Å². The van der Waals surface area contributed by atoms with E-state index in [0.717, 1.165) is 12.1 Å². The van der Waals surface area contributed by atoms with E-state index >= 15 is 0 Å². The Balaban J connectivity index is 1.93. The molecule has 1 unspecified atom stereocenters. The Bertz CT molecular complexity index is 630. The number of nitrogens with zero attached hydrogens (tertiary/aromatic N) is 3. The Hall–Kier alpha value is -1.91. The molecule has 1 N–H and O–H groups in total. The van der Waals surface area contributed by atoms with Crippen LogP contribution in [0.3, 0.4) is 0 Å². The maximum atomic E-state index is 10.9. The molecule has 1 aromatic heterocycles. The third-order valence-electron chi connectivity index (χ3n) is 3.87. The molecular formula is C13H15N3O2. The van der Waals surface area contributed by atoms with Gasteiger partial charge in [-0.2, -0.15) is 0 Å². The molecule has 1 aromatic carbocycles. The molecule has 1 heterocycles. The third-order valence-corrected chi connectivity index (χ3v) is 3.87. The van der Waals surface area contributed by atoms with Gasteiger partial charge in [0.25, 0.3) is 0 Å². The first-order chi connectivity index (χ1) is 8.47. The van der Waals surface area contributed by atoms with Gasteiger partial charge in [0, 0.05) is 6.54 Å². The molecule has 2 aromatic rings. The van der Waals surface area contributed by atoms with Crippen LogP contribution >= 0.6 is 0 Å². The lowest BCUT2D eigenvalue weighted by molar-refractivity contribution is 0.0697. The van der Waals surface area contributed by atoms with E-state index in [9.17, 15) is 4.79 Å². The second kappa shape index (κ2) is 3.54. The van der Waals surface area contributed by atoms with E-state index in [-0.39, 0.29) is 5.56 Å². The van der Waals surface area contributed by atoms with Crippen LogP contribution in [0, 0.1) is 11.3 Å². The van der Waals surface area contributed by atoms with Crippen LogP contribution in [-0.2, 0) is 6.54 Å². The fourth-order valence-corrected chi connectivity index (χ4v) is 2.34. The summed E-state index contributed by atoms with van der Waals surface area (Å²) in [6.07, 6.45) is 1.21. The van der Waals surface area contributed by atoms with Gasteiger partial charge in [-0.3, -0.25) is 0 Å². The Labute approximate surface area is 104 Å². The van der Waals surface area contributed by atoms with E-state index in [1.54, 1.807) is 18.2 Å². The van der Waals surface area contributed by atoms with Gasteiger partial charge < -0.3 is 5.11 Å². The summed E-state index contributed by atoms with van der Waals surface area (Å²) in [5.41, 5.74) is 2.21. The highest BCUT2D eigenvalue weighted by molar-refractivity contribution is 5.92. The second-order valence-electron chi connectivity index (χ2n) is 5.67. The van der Waals surface area contributed by atoms with Crippen LogP contribution in [0.2, 0.25) is 0 Å². The van der Waals surface area contributed by atoms with Gasteiger partial charge in [-0.05, 0) is 36.0 Å². The first kappa shape index (κ1) is 11.2. The highest BCUT2D eigenvalue weighted by atomic mass is 16.4. The SMILES string of the molecule is CC1(C)CC1Cn1nnc2cc(C(=O)O)ccc21. The quantitative estimate of drug-likeness (QED) is 0.899. The van der Waals surface area contributed by atoms with Gasteiger partial charge in [0.2, 0.25) is 0 Å². The number of benzene rings is 1. The summed E-state index contributed by atoms with van der Waals surface area (Å²) >= 11 is 0. The smallest absolute Gasteiger partial charge is 0.335 e. The standard InChI is InChI=1S/C13H15N3O2/c1-13(2)6-9(13)7-16-11-4-3-8(12(17)18)5-10(11)14-15-16/h3-5,9H,6-7H2,1-2H3,(H,17,18). The number of hydrogen-bond donors (Lipinski definition) is 1. The average Bonchev–Trinajstić information content (AvgIpc) is 2.72. The maximum Gasteiger partial charge on any atom is 0.335 e. The Morgan fingerprint density at radius 3 is 2.89 bits per heavy atom. The summed E-state index contributed by atoms with van der Waals surface area (Å²) in [4.78, 5) is 10.9. The average molecular weight is 245 g/mol. The topological polar surface area (TPSA) is 68.0 Å². The number of hydrogen-bond acceptors (Lipinski definition) is 3. The Morgan fingerprint density at radius 2 is 2.28 bits per heavy atom. The van der Waals surface area contributed by atoms with Crippen molar-refractivity contribution in [3.63, 3.8) is 0 Å². The van der Waals surface area contributed by atoms with E-state index in [2.05, 4.69) is 24.2 Å². The van der Waals surface area contributed by atoms with Crippen molar-refractivity contribution in [3.05, 3.63) is 23.8 Å². The van der Waals surface area contributed by atoms with Gasteiger partial charge >= 0.3 is 5.97 Å². The predicted octanol–water partition coefficient (Wildman–Crippen LogP) is 2.18. The van der Waals surface area contributed by atoms with Gasteiger partial charge in [-0.1, -0.05) is 19.1 Å². The number of carboxylic acid groups (broad SMARTS) is 1. The third kappa shape index (κ3) is 1.75. The van der Waals surface area contributed by atoms with E-state index in [1.165, 1.54) is 6.42 Å². The summed E-state index contributed by atoms with van der Waals surface area (Å²) in [5.74, 6) is -0.295. The summed E-state index contributed by atoms with van der Waals surface area (Å²) in [7, 11) is 0. The number of aromatic nitrogens is 3. The van der Waals surface area contributed by atoms with Gasteiger partial charge in [0.15, 0.2) is 0 Å². The van der Waals surface area contributed by atoms with Crippen molar-refractivity contribution in [3.8, 4) is 0 Å². The minimum atomic E-state index is -0.935. The van der Waals surface area contributed by atoms with Gasteiger partial charge in [0.05, 0.1) is 11.1 Å². The molecule has 18 heavy (non-hydrogen) atoms. The molecule has 0 bridgehead atoms. The maximum absolute atomic E-state index is 10.9. The molecule has 1 atom stereocenters. The Morgan fingerprint density at radius 1 is 1.56 bits per heavy atom. The lowest BCUT2D eigenvalue weighted by Gasteiger charge is -2.04. The van der Waals surface area contributed by atoms with E-state index in [0.29, 0.717) is 16.8 Å². The van der Waals surface area contributed by atoms with Gasteiger partial charge in [-0.25, -0.2) is 9.48 Å². The first-order valence-electron chi connectivity index (χ1n) is 6.04. The summed E-state index contributed by atoms with van der Waals surface area (Å²) in [6.45, 7) is 5.36. The van der Waals surface area contributed by atoms with Crippen LogP contribution < -0.4 is 0 Å². The van der Waals surface area contributed by atoms with Crippen LogP contribution in [0.15, 0.2) is 18.2 Å². The van der Waals surface area contributed by atoms with Crippen molar-refractivity contribution < 1.29 is 9.90 Å². The number of aromatic carboxylic acids is 1. The molecule has 3 rings (SSSR count). The van der Waals surface area contributed by atoms with Crippen LogP contribution in [-0.4, -0.2) is 26.1 Å². The number of carboxylic acids is 1. The molecule has 94 valence electrons. The molecule has 0 amide bonds. The zero-order valence-electron chi connectivity index (χ0n) is 10.4. The minimum absolute atomic E-state index is 0.251. The summed E-state index contributed by atoms with van der Waals surface area (Å²) < 4.78 is 1.88. The highest BCUT2D eigenvalue weighted by Gasteiger charge is 2.45. The second-order valence-corrected chi connectivity index (χ2v) is 5.67. The fourth-order valence-electron chi connectivity index (χ4n) is 2.34. The van der Waals surface area contributed by atoms with Crippen molar-refractivity contribution in [1.82, 2.24) is 15.0 Å². The Kier molecular flexibility index (Phi) is 2.20.